The molecule has 0 saturated heterocycles. The molecule has 4 nitrogen and oxygen atoms in total. The van der Waals surface area contributed by atoms with E-state index in [1.54, 1.807) is 6.92 Å². The van der Waals surface area contributed by atoms with Crippen LogP contribution in [0.15, 0.2) is 18.2 Å². The second-order valence-corrected chi connectivity index (χ2v) is 4.76. The van der Waals surface area contributed by atoms with Crippen molar-refractivity contribution >= 4 is 5.97 Å². The lowest BCUT2D eigenvalue weighted by molar-refractivity contribution is -0.139. The first-order valence-corrected chi connectivity index (χ1v) is 6.30. The van der Waals surface area contributed by atoms with Crippen molar-refractivity contribution in [1.29, 1.82) is 0 Å². The first-order chi connectivity index (χ1) is 8.59. The number of carbonyl (C=O) groups is 1. The molecule has 2 unspecified atom stereocenters. The molecule has 1 aromatic rings. The molecule has 1 aromatic carbocycles. The Bertz CT molecular complexity index is 445. The van der Waals surface area contributed by atoms with E-state index in [0.29, 0.717) is 6.61 Å². The van der Waals surface area contributed by atoms with Gasteiger partial charge in [-0.15, -0.1) is 0 Å². The molecule has 18 heavy (non-hydrogen) atoms. The zero-order valence-electron chi connectivity index (χ0n) is 10.8. The number of nitrogens with one attached hydrogen (secondary N) is 1. The zero-order valence-corrected chi connectivity index (χ0v) is 10.8. The third-order valence-electron chi connectivity index (χ3n) is 3.32. The van der Waals surface area contributed by atoms with E-state index in [2.05, 4.69) is 5.32 Å². The molecule has 0 amide bonds. The van der Waals surface area contributed by atoms with E-state index in [9.17, 15) is 4.79 Å². The number of fused-ring (bicyclic) bond motifs is 1. The van der Waals surface area contributed by atoms with Crippen LogP contribution >= 0.6 is 0 Å². The van der Waals surface area contributed by atoms with Gasteiger partial charge in [0.25, 0.3) is 0 Å². The summed E-state index contributed by atoms with van der Waals surface area (Å²) in [4.78, 5) is 10.9. The van der Waals surface area contributed by atoms with Gasteiger partial charge in [0.05, 0.1) is 6.61 Å². The molecule has 0 radical (unpaired) electrons. The molecule has 0 spiro atoms. The monoisotopic (exact) mass is 249 g/mol. The fourth-order valence-corrected chi connectivity index (χ4v) is 2.31. The summed E-state index contributed by atoms with van der Waals surface area (Å²) in [6.45, 7) is 4.38. The average Bonchev–Trinajstić information content (AvgIpc) is 2.53. The summed E-state index contributed by atoms with van der Waals surface area (Å²) in [5.41, 5.74) is 2.17. The van der Waals surface area contributed by atoms with Crippen molar-refractivity contribution in [3.8, 4) is 5.75 Å². The molecule has 1 aliphatic heterocycles. The molecule has 4 heteroatoms. The van der Waals surface area contributed by atoms with Crippen LogP contribution in [0.5, 0.6) is 5.75 Å². The first kappa shape index (κ1) is 12.9. The van der Waals surface area contributed by atoms with E-state index in [0.717, 1.165) is 29.7 Å². The summed E-state index contributed by atoms with van der Waals surface area (Å²) in [6.07, 6.45) is 1.83. The van der Waals surface area contributed by atoms with E-state index in [4.69, 9.17) is 9.84 Å². The second kappa shape index (κ2) is 5.40. The minimum Gasteiger partial charge on any atom is -0.493 e. The highest BCUT2D eigenvalue weighted by atomic mass is 16.5. The standard InChI is InChI=1S/C14H19NO3/c1-9-5-3-6-11-12(15-10(2)14(16)17)7-4-8-18-13(9)11/h3,5-6,10,12,15H,4,7-8H2,1-2H3,(H,16,17). The first-order valence-electron chi connectivity index (χ1n) is 6.30. The number of ether oxygens (including phenoxy) is 1. The summed E-state index contributed by atoms with van der Waals surface area (Å²) < 4.78 is 5.76. The van der Waals surface area contributed by atoms with Crippen LogP contribution in [0.25, 0.3) is 0 Å². The van der Waals surface area contributed by atoms with Crippen molar-refractivity contribution in [2.75, 3.05) is 6.61 Å². The van der Waals surface area contributed by atoms with E-state index in [-0.39, 0.29) is 6.04 Å². The largest absolute Gasteiger partial charge is 0.493 e. The smallest absolute Gasteiger partial charge is 0.320 e. The highest BCUT2D eigenvalue weighted by Crippen LogP contribution is 2.34. The number of benzene rings is 1. The van der Waals surface area contributed by atoms with Gasteiger partial charge in [0.1, 0.15) is 11.8 Å². The molecule has 2 N–H and O–H groups in total. The number of carboxylic acid groups (broad SMARTS) is 1. The highest BCUT2D eigenvalue weighted by molar-refractivity contribution is 5.73. The molecule has 1 heterocycles. The Morgan fingerprint density at radius 3 is 3.06 bits per heavy atom. The van der Waals surface area contributed by atoms with Gasteiger partial charge in [-0.2, -0.15) is 0 Å². The van der Waals surface area contributed by atoms with Gasteiger partial charge in [-0.1, -0.05) is 18.2 Å². The Kier molecular flexibility index (Phi) is 3.87. The maximum Gasteiger partial charge on any atom is 0.320 e. The minimum absolute atomic E-state index is 0.0495. The second-order valence-electron chi connectivity index (χ2n) is 4.76. The molecule has 2 atom stereocenters. The predicted molar refractivity (Wildman–Crippen MR) is 68.9 cm³/mol. The molecule has 1 aliphatic rings. The van der Waals surface area contributed by atoms with Crippen molar-refractivity contribution in [2.24, 2.45) is 0 Å². The van der Waals surface area contributed by atoms with Crippen LogP contribution in [-0.2, 0) is 4.79 Å². The van der Waals surface area contributed by atoms with Crippen molar-refractivity contribution in [2.45, 2.75) is 38.8 Å². The number of aryl methyl sites for hydroxylation is 1. The molecule has 2 rings (SSSR count). The number of hydrogen-bond donors (Lipinski definition) is 2. The van der Waals surface area contributed by atoms with E-state index < -0.39 is 12.0 Å². The van der Waals surface area contributed by atoms with Crippen molar-refractivity contribution < 1.29 is 14.6 Å². The Hall–Kier alpha value is -1.55. The number of hydrogen-bond acceptors (Lipinski definition) is 3. The summed E-state index contributed by atoms with van der Waals surface area (Å²) >= 11 is 0. The van der Waals surface area contributed by atoms with E-state index >= 15 is 0 Å². The maximum absolute atomic E-state index is 10.9. The number of rotatable bonds is 3. The lowest BCUT2D eigenvalue weighted by atomic mass is 9.99. The van der Waals surface area contributed by atoms with Crippen LogP contribution in [0.2, 0.25) is 0 Å². The number of aliphatic carboxylic acids is 1. The van der Waals surface area contributed by atoms with Crippen LogP contribution in [0.3, 0.4) is 0 Å². The molecular weight excluding hydrogens is 230 g/mol. The number of carboxylic acids is 1. The topological polar surface area (TPSA) is 58.6 Å². The van der Waals surface area contributed by atoms with Gasteiger partial charge in [-0.25, -0.2) is 0 Å². The Labute approximate surface area is 107 Å². The van der Waals surface area contributed by atoms with Gasteiger partial charge in [-0.05, 0) is 32.3 Å². The highest BCUT2D eigenvalue weighted by Gasteiger charge is 2.24. The Morgan fingerprint density at radius 2 is 2.33 bits per heavy atom. The van der Waals surface area contributed by atoms with Gasteiger partial charge < -0.3 is 9.84 Å². The SMILES string of the molecule is Cc1cccc2c1OCCCC2NC(C)C(=O)O. The fraction of sp³-hybridized carbons (Fsp3) is 0.500. The van der Waals surface area contributed by atoms with Crippen molar-refractivity contribution in [3.05, 3.63) is 29.3 Å². The van der Waals surface area contributed by atoms with Crippen molar-refractivity contribution in [3.63, 3.8) is 0 Å². The summed E-state index contributed by atoms with van der Waals surface area (Å²) in [5, 5.41) is 12.2. The van der Waals surface area contributed by atoms with Gasteiger partial charge in [-0.3, -0.25) is 10.1 Å². The van der Waals surface area contributed by atoms with Gasteiger partial charge in [0, 0.05) is 11.6 Å². The molecule has 0 aromatic heterocycles. The normalized spacial score (nSPS) is 20.4. The van der Waals surface area contributed by atoms with Gasteiger partial charge in [0.2, 0.25) is 0 Å². The zero-order chi connectivity index (χ0) is 13.1. The van der Waals surface area contributed by atoms with Crippen LogP contribution < -0.4 is 10.1 Å². The average molecular weight is 249 g/mol. The lowest BCUT2D eigenvalue weighted by Gasteiger charge is -2.21. The summed E-state index contributed by atoms with van der Waals surface area (Å²) in [5.74, 6) is 0.0828. The molecule has 0 fully saturated rings. The Morgan fingerprint density at radius 1 is 1.56 bits per heavy atom. The van der Waals surface area contributed by atoms with Crippen LogP contribution in [0.1, 0.15) is 36.9 Å². The van der Waals surface area contributed by atoms with Crippen LogP contribution in [0, 0.1) is 6.92 Å². The number of para-hydroxylation sites is 1. The Balaban J connectivity index is 2.27. The minimum atomic E-state index is -0.825. The third-order valence-corrected chi connectivity index (χ3v) is 3.32. The van der Waals surface area contributed by atoms with Crippen molar-refractivity contribution in [1.82, 2.24) is 5.32 Å². The fourth-order valence-electron chi connectivity index (χ4n) is 2.31. The molecular formula is C14H19NO3. The van der Waals surface area contributed by atoms with Gasteiger partial charge in [0.15, 0.2) is 0 Å². The van der Waals surface area contributed by atoms with E-state index in [1.165, 1.54) is 0 Å². The van der Waals surface area contributed by atoms with E-state index in [1.807, 2.05) is 25.1 Å². The quantitative estimate of drug-likeness (QED) is 0.862. The molecule has 0 saturated carbocycles. The van der Waals surface area contributed by atoms with Crippen LogP contribution in [0.4, 0.5) is 0 Å². The molecule has 0 aliphatic carbocycles. The molecule has 0 bridgehead atoms. The van der Waals surface area contributed by atoms with Gasteiger partial charge >= 0.3 is 5.97 Å². The predicted octanol–water partition coefficient (Wildman–Crippen LogP) is 2.27. The lowest BCUT2D eigenvalue weighted by Crippen LogP contribution is -2.36. The van der Waals surface area contributed by atoms with Crippen LogP contribution in [-0.4, -0.2) is 23.7 Å². The third kappa shape index (κ3) is 2.64. The maximum atomic E-state index is 10.9. The summed E-state index contributed by atoms with van der Waals surface area (Å²) in [7, 11) is 0. The summed E-state index contributed by atoms with van der Waals surface area (Å²) in [6, 6.07) is 5.51. The molecule has 98 valence electrons.